The number of halogens is 9. The minimum Gasteiger partial charge on any atom is -0.456 e. The van der Waals surface area contributed by atoms with Crippen molar-refractivity contribution in [1.29, 1.82) is 0 Å². The quantitative estimate of drug-likeness (QED) is 0.122. The molecule has 0 spiro atoms. The van der Waals surface area contributed by atoms with Crippen molar-refractivity contribution in [1.82, 2.24) is 0 Å². The van der Waals surface area contributed by atoms with Gasteiger partial charge in [0.15, 0.2) is 24.1 Å². The fraction of sp³-hybridized carbons (Fsp3) is 0.548. The van der Waals surface area contributed by atoms with E-state index in [4.69, 9.17) is 9.47 Å². The third-order valence-electron chi connectivity index (χ3n) is 7.83. The lowest BCUT2D eigenvalue weighted by atomic mass is 9.80. The maximum Gasteiger partial charge on any atom is 0.432 e. The van der Waals surface area contributed by atoms with Crippen LogP contribution in [0.2, 0.25) is 0 Å². The summed E-state index contributed by atoms with van der Waals surface area (Å²) in [5.74, 6) is -9.16. The first-order chi connectivity index (χ1) is 21.3. The maximum absolute atomic E-state index is 15.0. The van der Waals surface area contributed by atoms with Crippen LogP contribution in [0.15, 0.2) is 42.7 Å². The second-order valence-electron chi connectivity index (χ2n) is 11.2. The predicted molar refractivity (Wildman–Crippen MR) is 143 cm³/mol. The summed E-state index contributed by atoms with van der Waals surface area (Å²) in [6.45, 7) is 3.21. The van der Waals surface area contributed by atoms with E-state index in [1.165, 1.54) is 0 Å². The first-order valence-electron chi connectivity index (χ1n) is 14.6. The summed E-state index contributed by atoms with van der Waals surface area (Å²) in [7, 11) is 0. The van der Waals surface area contributed by atoms with Crippen LogP contribution in [0.5, 0.6) is 17.2 Å². The molecular formula is C31H33F9O5. The SMILES string of the molecule is CCCCCC1COC(C2CCC(C(F)(F)Oc3cc(F)c(C(F)(F)Oc4ccc(OC=C(F)F)c(F)c4)c(F)c3)CC2)OC1. The van der Waals surface area contributed by atoms with E-state index in [1.54, 1.807) is 0 Å². The van der Waals surface area contributed by atoms with Crippen LogP contribution in [0.25, 0.3) is 0 Å². The fourth-order valence-corrected chi connectivity index (χ4v) is 5.48. The van der Waals surface area contributed by atoms with Crippen molar-refractivity contribution in [3.8, 4) is 17.2 Å². The van der Waals surface area contributed by atoms with Gasteiger partial charge in [-0.3, -0.25) is 0 Å². The average Bonchev–Trinajstić information content (AvgIpc) is 2.96. The van der Waals surface area contributed by atoms with E-state index < -0.39 is 70.8 Å². The highest BCUT2D eigenvalue weighted by Gasteiger charge is 2.47. The zero-order valence-corrected chi connectivity index (χ0v) is 24.3. The van der Waals surface area contributed by atoms with Gasteiger partial charge in [0.05, 0.1) is 19.1 Å². The molecule has 0 atom stereocenters. The number of rotatable bonds is 13. The largest absolute Gasteiger partial charge is 0.456 e. The minimum atomic E-state index is -4.74. The normalized spacial score (nSPS) is 22.5. The van der Waals surface area contributed by atoms with Crippen LogP contribution in [0.4, 0.5) is 39.5 Å². The van der Waals surface area contributed by atoms with Gasteiger partial charge in [0.1, 0.15) is 28.7 Å². The molecule has 1 saturated carbocycles. The summed E-state index contributed by atoms with van der Waals surface area (Å²) in [5, 5.41) is 0. The molecule has 0 radical (unpaired) electrons. The molecule has 4 rings (SSSR count). The second-order valence-corrected chi connectivity index (χ2v) is 11.2. The molecule has 0 N–H and O–H groups in total. The molecule has 1 heterocycles. The molecule has 2 fully saturated rings. The Morgan fingerprint density at radius 2 is 1.47 bits per heavy atom. The lowest BCUT2D eigenvalue weighted by Crippen LogP contribution is -2.42. The molecular weight excluding hydrogens is 623 g/mol. The fourth-order valence-electron chi connectivity index (χ4n) is 5.48. The van der Waals surface area contributed by atoms with Crippen LogP contribution < -0.4 is 14.2 Å². The van der Waals surface area contributed by atoms with Gasteiger partial charge in [0.2, 0.25) is 0 Å². The second kappa shape index (κ2) is 15.0. The predicted octanol–water partition coefficient (Wildman–Crippen LogP) is 9.70. The summed E-state index contributed by atoms with van der Waals surface area (Å²) in [6, 6.07) is 2.00. The first kappa shape index (κ1) is 34.7. The Morgan fingerprint density at radius 1 is 0.844 bits per heavy atom. The molecule has 2 aromatic carbocycles. The standard InChI is InChI=1S/C31H33F9O5/c1-2-3-4-5-18-15-42-29(43-16-18)19-6-8-20(9-7-19)30(37,38)45-22-13-24(33)28(25(34)14-22)31(39,40)44-21-10-11-26(23(32)12-21)41-17-27(35)36/h10-14,17-20,29H,2-9,15-16H2,1H3. The van der Waals surface area contributed by atoms with Crippen molar-refractivity contribution in [2.45, 2.75) is 76.8 Å². The van der Waals surface area contributed by atoms with Gasteiger partial charge in [-0.15, -0.1) is 0 Å². The Bertz CT molecular complexity index is 1280. The Hall–Kier alpha value is -3.13. The van der Waals surface area contributed by atoms with E-state index in [1.807, 2.05) is 0 Å². The number of hydrogen-bond donors (Lipinski definition) is 0. The maximum atomic E-state index is 15.0. The van der Waals surface area contributed by atoms with E-state index in [2.05, 4.69) is 21.1 Å². The molecule has 0 bridgehead atoms. The van der Waals surface area contributed by atoms with E-state index in [-0.39, 0.29) is 37.2 Å². The number of benzene rings is 2. The van der Waals surface area contributed by atoms with Crippen molar-refractivity contribution < 1.29 is 63.2 Å². The van der Waals surface area contributed by atoms with E-state index in [0.29, 0.717) is 50.2 Å². The summed E-state index contributed by atoms with van der Waals surface area (Å²) in [6.07, 6.45) is -6.46. The van der Waals surface area contributed by atoms with E-state index in [0.717, 1.165) is 25.7 Å². The smallest absolute Gasteiger partial charge is 0.432 e. The molecule has 2 aromatic rings. The number of ether oxygens (including phenoxy) is 5. The molecule has 0 unspecified atom stereocenters. The highest BCUT2D eigenvalue weighted by molar-refractivity contribution is 5.36. The molecule has 1 aliphatic carbocycles. The van der Waals surface area contributed by atoms with Gasteiger partial charge in [-0.25, -0.2) is 13.2 Å². The third kappa shape index (κ3) is 9.21. The molecule has 45 heavy (non-hydrogen) atoms. The Kier molecular flexibility index (Phi) is 11.6. The zero-order valence-electron chi connectivity index (χ0n) is 24.3. The van der Waals surface area contributed by atoms with Crippen LogP contribution >= 0.6 is 0 Å². The Balaban J connectivity index is 1.34. The summed E-state index contributed by atoms with van der Waals surface area (Å²) >= 11 is 0. The topological polar surface area (TPSA) is 46.2 Å². The molecule has 5 nitrogen and oxygen atoms in total. The monoisotopic (exact) mass is 656 g/mol. The lowest BCUT2D eigenvalue weighted by molar-refractivity contribution is -0.248. The number of unbranched alkanes of at least 4 members (excludes halogenated alkanes) is 2. The van der Waals surface area contributed by atoms with E-state index >= 15 is 8.78 Å². The van der Waals surface area contributed by atoms with Crippen molar-refractivity contribution in [3.05, 3.63) is 65.7 Å². The minimum absolute atomic E-state index is 0.00910. The third-order valence-corrected chi connectivity index (χ3v) is 7.83. The Morgan fingerprint density at radius 3 is 2.04 bits per heavy atom. The summed E-state index contributed by atoms with van der Waals surface area (Å²) in [5.41, 5.74) is -1.94. The summed E-state index contributed by atoms with van der Waals surface area (Å²) in [4.78, 5) is 0. The molecule has 1 aliphatic heterocycles. The van der Waals surface area contributed by atoms with Crippen LogP contribution in [-0.2, 0) is 15.6 Å². The van der Waals surface area contributed by atoms with Gasteiger partial charge in [-0.1, -0.05) is 26.2 Å². The number of hydrogen-bond acceptors (Lipinski definition) is 5. The van der Waals surface area contributed by atoms with Crippen LogP contribution in [0.3, 0.4) is 0 Å². The van der Waals surface area contributed by atoms with Crippen molar-refractivity contribution in [2.24, 2.45) is 17.8 Å². The molecule has 2 aliphatic rings. The van der Waals surface area contributed by atoms with Crippen molar-refractivity contribution >= 4 is 0 Å². The van der Waals surface area contributed by atoms with Gasteiger partial charge in [-0.05, 0) is 44.2 Å². The van der Waals surface area contributed by atoms with Gasteiger partial charge < -0.3 is 23.7 Å². The lowest BCUT2D eigenvalue weighted by Gasteiger charge is -2.39. The van der Waals surface area contributed by atoms with Crippen molar-refractivity contribution in [3.63, 3.8) is 0 Å². The number of alkyl halides is 4. The highest BCUT2D eigenvalue weighted by Crippen LogP contribution is 2.43. The van der Waals surface area contributed by atoms with Gasteiger partial charge in [-0.2, -0.15) is 26.3 Å². The van der Waals surface area contributed by atoms with Gasteiger partial charge in [0, 0.05) is 30.0 Å². The van der Waals surface area contributed by atoms with Crippen molar-refractivity contribution in [2.75, 3.05) is 13.2 Å². The molecule has 0 aromatic heterocycles. The van der Waals surface area contributed by atoms with Crippen LogP contribution in [-0.4, -0.2) is 25.6 Å². The first-order valence-corrected chi connectivity index (χ1v) is 14.6. The van der Waals surface area contributed by atoms with Crippen LogP contribution in [0, 0.1) is 35.2 Å². The van der Waals surface area contributed by atoms with Crippen LogP contribution in [0.1, 0.15) is 63.9 Å². The molecule has 14 heteroatoms. The Labute approximate surface area is 254 Å². The van der Waals surface area contributed by atoms with E-state index in [9.17, 15) is 30.7 Å². The van der Waals surface area contributed by atoms with Gasteiger partial charge in [0.25, 0.3) is 0 Å². The molecule has 0 amide bonds. The zero-order chi connectivity index (χ0) is 32.8. The molecule has 250 valence electrons. The highest BCUT2D eigenvalue weighted by atomic mass is 19.3. The summed E-state index contributed by atoms with van der Waals surface area (Å²) < 4.78 is 152. The average molecular weight is 657 g/mol. The van der Waals surface area contributed by atoms with Gasteiger partial charge >= 0.3 is 18.3 Å². The molecule has 1 saturated heterocycles.